The number of carbonyl (C=O) groups excluding carboxylic acids is 1. The number of nitrogens with one attached hydrogen (secondary N) is 2. The smallest absolute Gasteiger partial charge is 0.254 e. The Hall–Kier alpha value is -3.86. The lowest BCUT2D eigenvalue weighted by Gasteiger charge is -2.35. The number of fused-ring (bicyclic) bond motifs is 2. The Balaban J connectivity index is 1.23. The molecule has 2 N–H and O–H groups in total. The number of ether oxygens (including phenoxy) is 2. The summed E-state index contributed by atoms with van der Waals surface area (Å²) in [6.45, 7) is 4.08. The zero-order chi connectivity index (χ0) is 26.5. The van der Waals surface area contributed by atoms with Gasteiger partial charge in [0.05, 0.1) is 54.7 Å². The van der Waals surface area contributed by atoms with E-state index >= 15 is 0 Å². The van der Waals surface area contributed by atoms with Crippen LogP contribution >= 0.6 is 0 Å². The van der Waals surface area contributed by atoms with E-state index < -0.39 is 0 Å². The fourth-order valence-electron chi connectivity index (χ4n) is 5.69. The molecule has 6 heterocycles. The van der Waals surface area contributed by atoms with Crippen LogP contribution in [0.3, 0.4) is 0 Å². The van der Waals surface area contributed by atoms with E-state index in [1.54, 1.807) is 12.4 Å². The van der Waals surface area contributed by atoms with Crippen LogP contribution in [0.2, 0.25) is 0 Å². The lowest BCUT2D eigenvalue weighted by molar-refractivity contribution is -0.0590. The first kappa shape index (κ1) is 24.2. The number of aromatic nitrogens is 3. The second-order valence-electron chi connectivity index (χ2n) is 10.4. The number of amides is 1. The largest absolute Gasteiger partial charge is 0.381 e. The Labute approximate surface area is 225 Å². The summed E-state index contributed by atoms with van der Waals surface area (Å²) in [7, 11) is 2.11. The highest BCUT2D eigenvalue weighted by atomic mass is 19.1. The zero-order valence-corrected chi connectivity index (χ0v) is 21.6. The summed E-state index contributed by atoms with van der Waals surface area (Å²) in [5.74, 6) is 0.539. The maximum absolute atomic E-state index is 13.7. The number of pyridine rings is 2. The van der Waals surface area contributed by atoms with Gasteiger partial charge in [-0.15, -0.1) is 0 Å². The molecule has 3 aliphatic rings. The number of anilines is 2. The lowest BCUT2D eigenvalue weighted by atomic mass is 9.96. The van der Waals surface area contributed by atoms with Gasteiger partial charge in [-0.1, -0.05) is 12.1 Å². The van der Waals surface area contributed by atoms with Crippen LogP contribution in [-0.2, 0) is 22.6 Å². The topological polar surface area (TPSA) is 93.0 Å². The van der Waals surface area contributed by atoms with Crippen LogP contribution in [0.1, 0.15) is 39.5 Å². The molecule has 1 atom stereocenters. The number of likely N-dealkylation sites (N-methyl/N-ethyl adjacent to an activating group) is 1. The number of hydrogen-bond donors (Lipinski definition) is 2. The van der Waals surface area contributed by atoms with Crippen molar-refractivity contribution in [2.24, 2.45) is 0 Å². The lowest BCUT2D eigenvalue weighted by Crippen LogP contribution is -2.46. The van der Waals surface area contributed by atoms with Gasteiger partial charge in [0, 0.05) is 43.4 Å². The van der Waals surface area contributed by atoms with Gasteiger partial charge in [0.25, 0.3) is 5.91 Å². The fraction of sp³-hybridized carbons (Fsp3) is 0.345. The van der Waals surface area contributed by atoms with Gasteiger partial charge in [-0.25, -0.2) is 14.4 Å². The van der Waals surface area contributed by atoms with Crippen molar-refractivity contribution in [2.75, 3.05) is 38.8 Å². The minimum Gasteiger partial charge on any atom is -0.381 e. The van der Waals surface area contributed by atoms with Crippen LogP contribution in [0, 0.1) is 5.82 Å². The maximum atomic E-state index is 13.7. The van der Waals surface area contributed by atoms with Crippen molar-refractivity contribution in [3.05, 3.63) is 77.0 Å². The quantitative estimate of drug-likeness (QED) is 0.376. The van der Waals surface area contributed by atoms with Crippen molar-refractivity contribution in [1.82, 2.24) is 24.6 Å². The maximum Gasteiger partial charge on any atom is 0.254 e. The zero-order valence-electron chi connectivity index (χ0n) is 21.6. The molecule has 0 aliphatic carbocycles. The molecule has 0 saturated carbocycles. The Morgan fingerprint density at radius 1 is 1.18 bits per heavy atom. The van der Waals surface area contributed by atoms with Crippen molar-refractivity contribution >= 4 is 23.1 Å². The summed E-state index contributed by atoms with van der Waals surface area (Å²) in [4.78, 5) is 24.7. The molecule has 0 radical (unpaired) electrons. The van der Waals surface area contributed by atoms with E-state index in [-0.39, 0.29) is 11.7 Å². The van der Waals surface area contributed by atoms with Gasteiger partial charge in [0.2, 0.25) is 0 Å². The van der Waals surface area contributed by atoms with Gasteiger partial charge in [0.15, 0.2) is 0 Å². The molecule has 1 amide bonds. The number of hydrogen-bond acceptors (Lipinski definition) is 7. The average molecular weight is 529 g/mol. The van der Waals surface area contributed by atoms with E-state index in [1.165, 1.54) is 17.7 Å². The van der Waals surface area contributed by atoms with Crippen molar-refractivity contribution in [3.63, 3.8) is 0 Å². The van der Waals surface area contributed by atoms with E-state index in [1.807, 2.05) is 22.6 Å². The molecule has 0 unspecified atom stereocenters. The molecule has 3 aromatic heterocycles. The molecule has 9 nitrogen and oxygen atoms in total. The van der Waals surface area contributed by atoms with Crippen LogP contribution in [-0.4, -0.2) is 64.7 Å². The van der Waals surface area contributed by atoms with Gasteiger partial charge >= 0.3 is 0 Å². The molecule has 0 bridgehead atoms. The Bertz CT molecular complexity index is 1580. The van der Waals surface area contributed by atoms with E-state index in [2.05, 4.69) is 33.6 Å². The monoisotopic (exact) mass is 528 g/mol. The molecule has 0 spiro atoms. The second-order valence-corrected chi connectivity index (χ2v) is 10.4. The van der Waals surface area contributed by atoms with Gasteiger partial charge in [-0.2, -0.15) is 0 Å². The third-order valence-corrected chi connectivity index (χ3v) is 8.00. The number of benzene rings is 1. The van der Waals surface area contributed by atoms with Crippen LogP contribution in [0.4, 0.5) is 15.9 Å². The standard InChI is InChI=1S/C29H29FN6O3/c1-35(19-15-39-16-19)13-24-20(17-7-9-38-14-17)3-5-26(34-24)33-23-4-2-21(22-11-32-29(37)28(22)23)25-12-31-27-10-18(30)6-8-36(25)27/h2-6,8,10,12,17,19H,7,9,11,13-16H2,1H3,(H,32,37)(H,33,34)/t17-/m0/s1. The SMILES string of the molecule is CN(Cc1nc(Nc2ccc(-c3cnc4cc(F)ccn34)c3c2C(=O)NC3)ccc1[C@H]1CCOC1)C1COC1. The Morgan fingerprint density at radius 3 is 2.87 bits per heavy atom. The van der Waals surface area contributed by atoms with E-state index in [4.69, 9.17) is 14.5 Å². The molecule has 4 aromatic rings. The Morgan fingerprint density at radius 2 is 2.08 bits per heavy atom. The minimum absolute atomic E-state index is 0.140. The van der Waals surface area contributed by atoms with E-state index in [0.717, 1.165) is 48.8 Å². The minimum atomic E-state index is -0.341. The van der Waals surface area contributed by atoms with Crippen molar-refractivity contribution in [3.8, 4) is 11.3 Å². The molecule has 2 saturated heterocycles. The molecule has 200 valence electrons. The summed E-state index contributed by atoms with van der Waals surface area (Å²) < 4.78 is 26.6. The molecular formula is C29H29FN6O3. The van der Waals surface area contributed by atoms with E-state index in [9.17, 15) is 9.18 Å². The van der Waals surface area contributed by atoms with E-state index in [0.29, 0.717) is 54.4 Å². The first-order valence-corrected chi connectivity index (χ1v) is 13.2. The predicted octanol–water partition coefficient (Wildman–Crippen LogP) is 3.86. The summed E-state index contributed by atoms with van der Waals surface area (Å²) >= 11 is 0. The third-order valence-electron chi connectivity index (χ3n) is 8.00. The predicted molar refractivity (Wildman–Crippen MR) is 144 cm³/mol. The number of halogens is 1. The molecule has 39 heavy (non-hydrogen) atoms. The molecule has 3 aliphatic heterocycles. The fourth-order valence-corrected chi connectivity index (χ4v) is 5.69. The summed E-state index contributed by atoms with van der Waals surface area (Å²) in [5, 5.41) is 6.38. The number of imidazole rings is 1. The van der Waals surface area contributed by atoms with Gasteiger partial charge in [-0.3, -0.25) is 14.1 Å². The van der Waals surface area contributed by atoms with Crippen molar-refractivity contribution in [1.29, 1.82) is 0 Å². The molecular weight excluding hydrogens is 499 g/mol. The molecule has 1 aromatic carbocycles. The van der Waals surface area contributed by atoms with Crippen LogP contribution in [0.15, 0.2) is 48.8 Å². The van der Waals surface area contributed by atoms with Gasteiger partial charge < -0.3 is 20.1 Å². The van der Waals surface area contributed by atoms with Crippen molar-refractivity contribution in [2.45, 2.75) is 31.5 Å². The third kappa shape index (κ3) is 4.34. The highest BCUT2D eigenvalue weighted by Gasteiger charge is 2.29. The summed E-state index contributed by atoms with van der Waals surface area (Å²) in [5.41, 5.74) is 6.58. The van der Waals surface area contributed by atoms with Crippen LogP contribution in [0.5, 0.6) is 0 Å². The first-order valence-electron chi connectivity index (χ1n) is 13.2. The number of nitrogens with zero attached hydrogens (tertiary/aromatic N) is 4. The molecule has 2 fully saturated rings. The molecule has 10 heteroatoms. The van der Waals surface area contributed by atoms with Crippen LogP contribution < -0.4 is 10.6 Å². The Kier molecular flexibility index (Phi) is 6.03. The highest BCUT2D eigenvalue weighted by Crippen LogP contribution is 2.36. The second kappa shape index (κ2) is 9.71. The molecule has 7 rings (SSSR count). The van der Waals surface area contributed by atoms with Gasteiger partial charge in [-0.05, 0) is 42.8 Å². The normalized spacial score (nSPS) is 18.9. The summed E-state index contributed by atoms with van der Waals surface area (Å²) in [6.07, 6.45) is 4.36. The number of rotatable bonds is 7. The van der Waals surface area contributed by atoms with Gasteiger partial charge in [0.1, 0.15) is 17.3 Å². The average Bonchev–Trinajstić information content (AvgIpc) is 3.64. The number of carbonyl (C=O) groups is 1. The first-order chi connectivity index (χ1) is 19.0. The van der Waals surface area contributed by atoms with Crippen LogP contribution in [0.25, 0.3) is 16.9 Å². The van der Waals surface area contributed by atoms with Crippen molar-refractivity contribution < 1.29 is 18.7 Å². The highest BCUT2D eigenvalue weighted by molar-refractivity contribution is 6.06. The summed E-state index contributed by atoms with van der Waals surface area (Å²) in [6, 6.07) is 11.2.